The number of fused-ring (bicyclic) bond motifs is 6. The molecular weight excluding hydrogens is 364 g/mol. The number of aromatic nitrogens is 2. The van der Waals surface area contributed by atoms with Gasteiger partial charge in [-0.25, -0.2) is 9.97 Å². The average molecular weight is 380 g/mol. The van der Waals surface area contributed by atoms with Gasteiger partial charge in [-0.05, 0) is 55.8 Å². The van der Waals surface area contributed by atoms with Crippen LogP contribution in [-0.4, -0.2) is 9.97 Å². The fourth-order valence-corrected chi connectivity index (χ4v) is 5.09. The molecule has 1 aliphatic rings. The summed E-state index contributed by atoms with van der Waals surface area (Å²) in [5.74, 6) is 0.778. The first kappa shape index (κ1) is 15.8. The van der Waals surface area contributed by atoms with E-state index in [2.05, 4.69) is 78.9 Å². The van der Waals surface area contributed by atoms with Crippen LogP contribution in [0, 0.1) is 0 Å². The largest absolute Gasteiger partial charge is 0.237 e. The van der Waals surface area contributed by atoms with Crippen LogP contribution in [0.15, 0.2) is 97.3 Å². The summed E-state index contributed by atoms with van der Waals surface area (Å²) in [5.41, 5.74) is 6.22. The number of nitrogens with zero attached hydrogens (tertiary/aromatic N) is 2. The molecule has 0 radical (unpaired) electrons. The lowest BCUT2D eigenvalue weighted by Gasteiger charge is -2.15. The van der Waals surface area contributed by atoms with Crippen LogP contribution in [0.5, 0.6) is 0 Å². The zero-order chi connectivity index (χ0) is 19.7. The van der Waals surface area contributed by atoms with Gasteiger partial charge in [0.1, 0.15) is 0 Å². The molecular formula is C28H16N2. The molecule has 7 rings (SSSR count). The van der Waals surface area contributed by atoms with Crippen molar-refractivity contribution in [2.24, 2.45) is 0 Å². The smallest absolute Gasteiger partial charge is 0.160 e. The Morgan fingerprint density at radius 3 is 2.07 bits per heavy atom. The van der Waals surface area contributed by atoms with Gasteiger partial charge in [-0.2, -0.15) is 0 Å². The first-order chi connectivity index (χ1) is 14.9. The summed E-state index contributed by atoms with van der Waals surface area (Å²) in [7, 11) is 0. The molecule has 30 heavy (non-hydrogen) atoms. The Kier molecular flexibility index (Phi) is 3.03. The summed E-state index contributed by atoms with van der Waals surface area (Å²) < 4.78 is 0. The second-order valence-electron chi connectivity index (χ2n) is 7.84. The summed E-state index contributed by atoms with van der Waals surface area (Å²) in [6.07, 6.45) is 3.67. The highest BCUT2D eigenvalue weighted by molar-refractivity contribution is 6.25. The van der Waals surface area contributed by atoms with Gasteiger partial charge < -0.3 is 0 Å². The quantitative estimate of drug-likeness (QED) is 0.280. The van der Waals surface area contributed by atoms with E-state index in [1.54, 1.807) is 0 Å². The van der Waals surface area contributed by atoms with Crippen LogP contribution in [0.1, 0.15) is 0 Å². The predicted molar refractivity (Wildman–Crippen MR) is 124 cm³/mol. The van der Waals surface area contributed by atoms with Crippen molar-refractivity contribution in [1.82, 2.24) is 9.97 Å². The number of hydrogen-bond donors (Lipinski definition) is 0. The van der Waals surface area contributed by atoms with Crippen LogP contribution >= 0.6 is 0 Å². The standard InChI is InChI=1S/C28H16N2/c1-2-9-20-17(6-1)12-13-19-16-23-21-10-3-7-18-8-4-11-22(24(18)21)26(23)27(25(19)20)28-29-14-5-15-30-28/h1-16H. The maximum atomic E-state index is 4.70. The van der Waals surface area contributed by atoms with E-state index >= 15 is 0 Å². The van der Waals surface area contributed by atoms with Crippen LogP contribution in [0.2, 0.25) is 0 Å². The molecule has 0 saturated carbocycles. The maximum Gasteiger partial charge on any atom is 0.160 e. The van der Waals surface area contributed by atoms with Crippen LogP contribution < -0.4 is 0 Å². The fourth-order valence-electron chi connectivity index (χ4n) is 5.09. The van der Waals surface area contributed by atoms with Gasteiger partial charge in [0, 0.05) is 28.9 Å². The van der Waals surface area contributed by atoms with E-state index in [1.165, 1.54) is 54.6 Å². The van der Waals surface area contributed by atoms with Gasteiger partial charge in [0.25, 0.3) is 0 Å². The van der Waals surface area contributed by atoms with Crippen LogP contribution in [-0.2, 0) is 0 Å². The van der Waals surface area contributed by atoms with E-state index in [1.807, 2.05) is 18.5 Å². The molecule has 0 fully saturated rings. The first-order valence-electron chi connectivity index (χ1n) is 10.2. The Bertz CT molecular complexity index is 1630. The van der Waals surface area contributed by atoms with E-state index in [0.29, 0.717) is 0 Å². The van der Waals surface area contributed by atoms with Crippen molar-refractivity contribution in [2.75, 3.05) is 0 Å². The lowest BCUT2D eigenvalue weighted by atomic mass is 9.89. The summed E-state index contributed by atoms with van der Waals surface area (Å²) >= 11 is 0. The second kappa shape index (κ2) is 5.74. The lowest BCUT2D eigenvalue weighted by Crippen LogP contribution is -1.94. The van der Waals surface area contributed by atoms with Crippen molar-refractivity contribution in [3.05, 3.63) is 97.3 Å². The molecule has 1 aliphatic carbocycles. The summed E-state index contributed by atoms with van der Waals surface area (Å²) in [6.45, 7) is 0. The molecule has 1 heterocycles. The lowest BCUT2D eigenvalue weighted by molar-refractivity contribution is 1.18. The van der Waals surface area contributed by atoms with E-state index in [4.69, 9.17) is 9.97 Å². The Morgan fingerprint density at radius 1 is 0.467 bits per heavy atom. The van der Waals surface area contributed by atoms with Gasteiger partial charge in [0.2, 0.25) is 0 Å². The average Bonchev–Trinajstić information content (AvgIpc) is 3.13. The Labute approximate surface area is 173 Å². The summed E-state index contributed by atoms with van der Waals surface area (Å²) in [5, 5.41) is 7.52. The third-order valence-electron chi connectivity index (χ3n) is 6.28. The zero-order valence-electron chi connectivity index (χ0n) is 16.1. The van der Waals surface area contributed by atoms with Gasteiger partial charge >= 0.3 is 0 Å². The van der Waals surface area contributed by atoms with E-state index in [9.17, 15) is 0 Å². The monoisotopic (exact) mass is 380 g/mol. The third kappa shape index (κ3) is 1.98. The van der Waals surface area contributed by atoms with Crippen LogP contribution in [0.25, 0.3) is 66.0 Å². The first-order valence-corrected chi connectivity index (χ1v) is 10.2. The molecule has 138 valence electrons. The molecule has 0 spiro atoms. The minimum absolute atomic E-state index is 0.778. The van der Waals surface area contributed by atoms with Gasteiger partial charge in [0.15, 0.2) is 5.82 Å². The highest BCUT2D eigenvalue weighted by Gasteiger charge is 2.27. The highest BCUT2D eigenvalue weighted by Crippen LogP contribution is 2.53. The van der Waals surface area contributed by atoms with Crippen molar-refractivity contribution in [1.29, 1.82) is 0 Å². The molecule has 0 saturated heterocycles. The SMILES string of the molecule is c1cnc(-c2c3c(cc4ccc5ccccc5c24)-c2cccc4cccc-3c24)nc1. The normalized spacial score (nSPS) is 12.0. The fraction of sp³-hybridized carbons (Fsp3) is 0. The van der Waals surface area contributed by atoms with Crippen molar-refractivity contribution < 1.29 is 0 Å². The van der Waals surface area contributed by atoms with Crippen LogP contribution in [0.4, 0.5) is 0 Å². The van der Waals surface area contributed by atoms with Crippen molar-refractivity contribution >= 4 is 32.3 Å². The number of hydrogen-bond acceptors (Lipinski definition) is 2. The number of rotatable bonds is 1. The molecule has 0 N–H and O–H groups in total. The molecule has 1 aromatic heterocycles. The molecule has 0 atom stereocenters. The molecule has 6 aromatic rings. The van der Waals surface area contributed by atoms with Gasteiger partial charge in [0.05, 0.1) is 0 Å². The van der Waals surface area contributed by atoms with E-state index < -0.39 is 0 Å². The molecule has 5 aromatic carbocycles. The van der Waals surface area contributed by atoms with Crippen molar-refractivity contribution in [3.63, 3.8) is 0 Å². The predicted octanol–water partition coefficient (Wildman–Crippen LogP) is 7.25. The Morgan fingerprint density at radius 2 is 1.20 bits per heavy atom. The zero-order valence-corrected chi connectivity index (χ0v) is 16.1. The molecule has 0 bridgehead atoms. The minimum Gasteiger partial charge on any atom is -0.237 e. The topological polar surface area (TPSA) is 25.8 Å². The van der Waals surface area contributed by atoms with Gasteiger partial charge in [-0.1, -0.05) is 72.8 Å². The van der Waals surface area contributed by atoms with Crippen molar-refractivity contribution in [2.45, 2.75) is 0 Å². The summed E-state index contributed by atoms with van der Waals surface area (Å²) in [4.78, 5) is 9.40. The van der Waals surface area contributed by atoms with Crippen molar-refractivity contribution in [3.8, 4) is 33.6 Å². The molecule has 0 amide bonds. The minimum atomic E-state index is 0.778. The molecule has 0 unspecified atom stereocenters. The van der Waals surface area contributed by atoms with Gasteiger partial charge in [-0.3, -0.25) is 0 Å². The second-order valence-corrected chi connectivity index (χ2v) is 7.84. The summed E-state index contributed by atoms with van der Waals surface area (Å²) in [6, 6.07) is 30.4. The van der Waals surface area contributed by atoms with E-state index in [-0.39, 0.29) is 0 Å². The molecule has 2 heteroatoms. The maximum absolute atomic E-state index is 4.70. The molecule has 0 aliphatic heterocycles. The van der Waals surface area contributed by atoms with E-state index in [0.717, 1.165) is 11.4 Å². The Hall–Kier alpha value is -4.04. The van der Waals surface area contributed by atoms with Crippen LogP contribution in [0.3, 0.4) is 0 Å². The third-order valence-corrected chi connectivity index (χ3v) is 6.28. The van der Waals surface area contributed by atoms with Gasteiger partial charge in [-0.15, -0.1) is 0 Å². The number of benzene rings is 5. The highest BCUT2D eigenvalue weighted by atomic mass is 14.9. The molecule has 2 nitrogen and oxygen atoms in total. The Balaban J connectivity index is 1.78.